The fourth-order valence-corrected chi connectivity index (χ4v) is 2.89. The van der Waals surface area contributed by atoms with Crippen molar-refractivity contribution in [3.05, 3.63) is 65.2 Å². The van der Waals surface area contributed by atoms with Crippen molar-refractivity contribution in [1.82, 2.24) is 5.32 Å². The van der Waals surface area contributed by atoms with Crippen LogP contribution in [0.2, 0.25) is 0 Å². The van der Waals surface area contributed by atoms with Crippen LogP contribution in [0.25, 0.3) is 0 Å². The van der Waals surface area contributed by atoms with E-state index in [1.807, 2.05) is 69.3 Å². The molecular weight excluding hydrogens is 394 g/mol. The predicted molar refractivity (Wildman–Crippen MR) is 120 cm³/mol. The molecule has 6 nitrogen and oxygen atoms in total. The number of rotatable bonds is 9. The summed E-state index contributed by atoms with van der Waals surface area (Å²) in [5.41, 5.74) is 2.37. The van der Waals surface area contributed by atoms with Crippen molar-refractivity contribution < 1.29 is 23.8 Å². The average molecular weight is 428 g/mol. The van der Waals surface area contributed by atoms with E-state index < -0.39 is 11.7 Å². The van der Waals surface area contributed by atoms with Crippen molar-refractivity contribution in [3.8, 4) is 5.75 Å². The van der Waals surface area contributed by atoms with Crippen LogP contribution in [0.3, 0.4) is 0 Å². The molecule has 0 aliphatic heterocycles. The summed E-state index contributed by atoms with van der Waals surface area (Å²) >= 11 is 0. The van der Waals surface area contributed by atoms with E-state index in [1.165, 1.54) is 0 Å². The van der Waals surface area contributed by atoms with Gasteiger partial charge in [-0.3, -0.25) is 4.79 Å². The molecule has 0 heterocycles. The molecule has 2 rings (SSSR count). The molecule has 0 fully saturated rings. The third-order valence-electron chi connectivity index (χ3n) is 4.21. The van der Waals surface area contributed by atoms with Crippen LogP contribution in [0.1, 0.15) is 57.7 Å². The maximum atomic E-state index is 12.1. The Balaban J connectivity index is 2.08. The van der Waals surface area contributed by atoms with Crippen LogP contribution in [0.4, 0.5) is 4.79 Å². The van der Waals surface area contributed by atoms with Gasteiger partial charge in [0.15, 0.2) is 0 Å². The van der Waals surface area contributed by atoms with E-state index in [0.29, 0.717) is 18.8 Å². The number of carbonyl (C=O) groups excluding carboxylic acids is 2. The summed E-state index contributed by atoms with van der Waals surface area (Å²) in [5.74, 6) is 0.439. The topological polar surface area (TPSA) is 73.9 Å². The number of carbonyl (C=O) groups is 2. The standard InChI is InChI=1S/C25H33NO5/c1-18(2)30-24(28)26-16-21-15-22(29-17-19-9-7-6-8-10-19)13-11-20(21)12-14-23(27)31-25(3,4)5/h6-11,13,15,18H,12,14,16-17H2,1-5H3,(H,26,28). The van der Waals surface area contributed by atoms with Gasteiger partial charge in [-0.25, -0.2) is 4.79 Å². The van der Waals surface area contributed by atoms with Crippen molar-refractivity contribution >= 4 is 12.1 Å². The SMILES string of the molecule is CC(C)OC(=O)NCc1cc(OCc2ccccc2)ccc1CCC(=O)OC(C)(C)C. The summed E-state index contributed by atoms with van der Waals surface area (Å²) in [7, 11) is 0. The molecule has 168 valence electrons. The van der Waals surface area contributed by atoms with Crippen molar-refractivity contribution in [1.29, 1.82) is 0 Å². The van der Waals surface area contributed by atoms with Crippen LogP contribution >= 0.6 is 0 Å². The minimum Gasteiger partial charge on any atom is -0.489 e. The minimum atomic E-state index is -0.517. The van der Waals surface area contributed by atoms with Gasteiger partial charge in [0, 0.05) is 13.0 Å². The molecule has 6 heteroatoms. The van der Waals surface area contributed by atoms with E-state index in [2.05, 4.69) is 5.32 Å². The molecule has 0 atom stereocenters. The van der Waals surface area contributed by atoms with Crippen LogP contribution < -0.4 is 10.1 Å². The lowest BCUT2D eigenvalue weighted by atomic mass is 10.0. The van der Waals surface area contributed by atoms with Crippen LogP contribution in [-0.4, -0.2) is 23.8 Å². The van der Waals surface area contributed by atoms with Crippen molar-refractivity contribution in [3.63, 3.8) is 0 Å². The van der Waals surface area contributed by atoms with Crippen molar-refractivity contribution in [2.75, 3.05) is 0 Å². The monoisotopic (exact) mass is 427 g/mol. The van der Waals surface area contributed by atoms with E-state index in [1.54, 1.807) is 13.8 Å². The zero-order valence-corrected chi connectivity index (χ0v) is 19.1. The number of nitrogens with one attached hydrogen (secondary N) is 1. The first kappa shape index (κ1) is 24.3. The summed E-state index contributed by atoms with van der Waals surface area (Å²) < 4.78 is 16.5. The number of amides is 1. The van der Waals surface area contributed by atoms with Gasteiger partial charge in [-0.1, -0.05) is 36.4 Å². The normalized spacial score (nSPS) is 11.2. The molecule has 1 amide bonds. The second-order valence-electron chi connectivity index (χ2n) is 8.60. The van der Waals surface area contributed by atoms with Gasteiger partial charge in [0.05, 0.1) is 6.10 Å². The van der Waals surface area contributed by atoms with Gasteiger partial charge in [0.25, 0.3) is 0 Å². The Morgan fingerprint density at radius 1 is 1.00 bits per heavy atom. The number of hydrogen-bond donors (Lipinski definition) is 1. The Morgan fingerprint density at radius 2 is 1.71 bits per heavy atom. The number of ether oxygens (including phenoxy) is 3. The van der Waals surface area contributed by atoms with Crippen LogP contribution in [0.5, 0.6) is 5.75 Å². The summed E-state index contributed by atoms with van der Waals surface area (Å²) in [5, 5.41) is 2.76. The number of hydrogen-bond acceptors (Lipinski definition) is 5. The molecule has 2 aromatic carbocycles. The molecule has 0 aliphatic carbocycles. The fraction of sp³-hybridized carbons (Fsp3) is 0.440. The molecule has 31 heavy (non-hydrogen) atoms. The Bertz CT molecular complexity index is 856. The average Bonchev–Trinajstić information content (AvgIpc) is 2.68. The van der Waals surface area contributed by atoms with E-state index in [-0.39, 0.29) is 25.0 Å². The molecule has 0 saturated carbocycles. The highest BCUT2D eigenvalue weighted by Crippen LogP contribution is 2.21. The molecule has 0 saturated heterocycles. The first-order chi connectivity index (χ1) is 14.6. The maximum Gasteiger partial charge on any atom is 0.407 e. The zero-order chi connectivity index (χ0) is 22.9. The molecular formula is C25H33NO5. The predicted octanol–water partition coefficient (Wildman–Crippen LogP) is 5.17. The summed E-state index contributed by atoms with van der Waals surface area (Å²) in [6, 6.07) is 15.6. The smallest absolute Gasteiger partial charge is 0.407 e. The van der Waals surface area contributed by atoms with Gasteiger partial charge < -0.3 is 19.5 Å². The highest BCUT2D eigenvalue weighted by Gasteiger charge is 2.17. The molecule has 0 aromatic heterocycles. The summed E-state index contributed by atoms with van der Waals surface area (Å²) in [4.78, 5) is 24.0. The third-order valence-corrected chi connectivity index (χ3v) is 4.21. The first-order valence-electron chi connectivity index (χ1n) is 10.6. The van der Waals surface area contributed by atoms with Crippen LogP contribution in [-0.2, 0) is 33.8 Å². The molecule has 0 aliphatic rings. The van der Waals surface area contributed by atoms with Gasteiger partial charge in [-0.05, 0) is 69.9 Å². The summed E-state index contributed by atoms with van der Waals surface area (Å²) in [6.45, 7) is 9.85. The number of esters is 1. The Labute approximate surface area is 184 Å². The largest absolute Gasteiger partial charge is 0.489 e. The van der Waals surface area contributed by atoms with E-state index >= 15 is 0 Å². The minimum absolute atomic E-state index is 0.202. The summed E-state index contributed by atoms with van der Waals surface area (Å²) in [6.07, 6.45) is 0.0746. The first-order valence-corrected chi connectivity index (χ1v) is 10.6. The number of aryl methyl sites for hydroxylation is 1. The maximum absolute atomic E-state index is 12.1. The lowest BCUT2D eigenvalue weighted by Gasteiger charge is -2.20. The lowest BCUT2D eigenvalue weighted by Crippen LogP contribution is -2.27. The number of alkyl carbamates (subject to hydrolysis) is 1. The Hall–Kier alpha value is -3.02. The third kappa shape index (κ3) is 9.55. The van der Waals surface area contributed by atoms with E-state index in [4.69, 9.17) is 14.2 Å². The van der Waals surface area contributed by atoms with Crippen molar-refractivity contribution in [2.45, 2.75) is 72.3 Å². The zero-order valence-electron chi connectivity index (χ0n) is 19.1. The molecule has 1 N–H and O–H groups in total. The van der Waals surface area contributed by atoms with E-state index in [0.717, 1.165) is 16.7 Å². The van der Waals surface area contributed by atoms with Crippen LogP contribution in [0, 0.1) is 0 Å². The van der Waals surface area contributed by atoms with E-state index in [9.17, 15) is 9.59 Å². The second kappa shape index (κ2) is 11.4. The van der Waals surface area contributed by atoms with Crippen LogP contribution in [0.15, 0.2) is 48.5 Å². The second-order valence-corrected chi connectivity index (χ2v) is 8.60. The highest BCUT2D eigenvalue weighted by atomic mass is 16.6. The molecule has 0 unspecified atom stereocenters. The quantitative estimate of drug-likeness (QED) is 0.559. The van der Waals surface area contributed by atoms with Gasteiger partial charge in [-0.15, -0.1) is 0 Å². The number of benzene rings is 2. The Morgan fingerprint density at radius 3 is 2.35 bits per heavy atom. The highest BCUT2D eigenvalue weighted by molar-refractivity contribution is 5.70. The lowest BCUT2D eigenvalue weighted by molar-refractivity contribution is -0.154. The fourth-order valence-electron chi connectivity index (χ4n) is 2.89. The Kier molecular flexibility index (Phi) is 8.91. The van der Waals surface area contributed by atoms with Gasteiger partial charge >= 0.3 is 12.1 Å². The van der Waals surface area contributed by atoms with Gasteiger partial charge in [0.2, 0.25) is 0 Å². The van der Waals surface area contributed by atoms with Gasteiger partial charge in [-0.2, -0.15) is 0 Å². The molecule has 2 aromatic rings. The van der Waals surface area contributed by atoms with Gasteiger partial charge in [0.1, 0.15) is 18.0 Å². The molecule has 0 radical (unpaired) electrons. The molecule has 0 bridgehead atoms. The molecule has 0 spiro atoms. The van der Waals surface area contributed by atoms with Crippen molar-refractivity contribution in [2.24, 2.45) is 0 Å².